The Morgan fingerprint density at radius 3 is 2.70 bits per heavy atom. The molecule has 0 unspecified atom stereocenters. The van der Waals surface area contributed by atoms with Gasteiger partial charge in [0, 0.05) is 36.1 Å². The topological polar surface area (TPSA) is 129 Å². The molecule has 0 radical (unpaired) electrons. The SMILES string of the molecule is O=CNc1cccc(C[C@H](NC(=O)c2c(Cl)cc3c(c2Cl)CCN(C(=O)c2ccc4ccoc4c2)C3)C(=O)O)c1. The maximum atomic E-state index is 13.2. The molecule has 5 rings (SSSR count). The highest BCUT2D eigenvalue weighted by Crippen LogP contribution is 2.35. The summed E-state index contributed by atoms with van der Waals surface area (Å²) in [6.07, 6.45) is 2.44. The summed E-state index contributed by atoms with van der Waals surface area (Å²) in [5.74, 6) is -2.14. The second kappa shape index (κ2) is 11.4. The molecule has 40 heavy (non-hydrogen) atoms. The van der Waals surface area contributed by atoms with Gasteiger partial charge in [0.25, 0.3) is 11.8 Å². The molecule has 2 heterocycles. The molecular weight excluding hydrogens is 557 g/mol. The minimum Gasteiger partial charge on any atom is -0.480 e. The molecule has 0 aliphatic carbocycles. The Labute approximate surface area is 238 Å². The minimum absolute atomic E-state index is 0.0206. The van der Waals surface area contributed by atoms with E-state index in [0.29, 0.717) is 52.9 Å². The lowest BCUT2D eigenvalue weighted by Gasteiger charge is -2.30. The van der Waals surface area contributed by atoms with E-state index in [0.717, 1.165) is 5.39 Å². The number of nitrogens with one attached hydrogen (secondary N) is 2. The Balaban J connectivity index is 1.34. The largest absolute Gasteiger partial charge is 0.480 e. The lowest BCUT2D eigenvalue weighted by Crippen LogP contribution is -2.42. The predicted octanol–water partition coefficient (Wildman–Crippen LogP) is 4.93. The molecule has 1 aromatic heterocycles. The van der Waals surface area contributed by atoms with Crippen molar-refractivity contribution in [3.8, 4) is 0 Å². The van der Waals surface area contributed by atoms with E-state index in [2.05, 4.69) is 10.6 Å². The molecule has 0 fully saturated rings. The average Bonchev–Trinajstić information content (AvgIpc) is 3.40. The van der Waals surface area contributed by atoms with Gasteiger partial charge in [0.15, 0.2) is 0 Å². The quantitative estimate of drug-likeness (QED) is 0.254. The van der Waals surface area contributed by atoms with Crippen LogP contribution in [-0.4, -0.2) is 46.8 Å². The fourth-order valence-electron chi connectivity index (χ4n) is 4.83. The van der Waals surface area contributed by atoms with Gasteiger partial charge in [0.05, 0.1) is 21.9 Å². The number of carbonyl (C=O) groups is 4. The summed E-state index contributed by atoms with van der Waals surface area (Å²) in [5.41, 5.74) is 3.57. The number of halogens is 2. The number of benzene rings is 3. The first-order chi connectivity index (χ1) is 19.2. The first kappa shape index (κ1) is 27.2. The third-order valence-electron chi connectivity index (χ3n) is 6.82. The van der Waals surface area contributed by atoms with Crippen molar-refractivity contribution in [2.75, 3.05) is 11.9 Å². The van der Waals surface area contributed by atoms with Gasteiger partial charge >= 0.3 is 5.97 Å². The molecule has 0 spiro atoms. The van der Waals surface area contributed by atoms with Gasteiger partial charge in [-0.3, -0.25) is 14.4 Å². The highest BCUT2D eigenvalue weighted by atomic mass is 35.5. The molecular formula is C29H23Cl2N3O6. The van der Waals surface area contributed by atoms with E-state index in [1.807, 2.05) is 12.1 Å². The van der Waals surface area contributed by atoms with Gasteiger partial charge in [0.2, 0.25) is 6.41 Å². The van der Waals surface area contributed by atoms with Crippen molar-refractivity contribution < 1.29 is 28.7 Å². The zero-order valence-electron chi connectivity index (χ0n) is 20.9. The van der Waals surface area contributed by atoms with Crippen molar-refractivity contribution >= 4 is 64.1 Å². The second-order valence-corrected chi connectivity index (χ2v) is 10.2. The lowest BCUT2D eigenvalue weighted by molar-refractivity contribution is -0.139. The number of carboxylic acids is 1. The summed E-state index contributed by atoms with van der Waals surface area (Å²) >= 11 is 13.1. The van der Waals surface area contributed by atoms with Crippen molar-refractivity contribution in [2.24, 2.45) is 0 Å². The van der Waals surface area contributed by atoms with Crippen LogP contribution in [0.15, 0.2) is 65.3 Å². The van der Waals surface area contributed by atoms with Crippen LogP contribution < -0.4 is 10.6 Å². The van der Waals surface area contributed by atoms with Gasteiger partial charge in [-0.25, -0.2) is 4.79 Å². The third-order valence-corrected chi connectivity index (χ3v) is 7.53. The molecule has 3 amide bonds. The molecule has 11 heteroatoms. The number of fused-ring (bicyclic) bond motifs is 2. The van der Waals surface area contributed by atoms with E-state index in [9.17, 15) is 24.3 Å². The molecule has 9 nitrogen and oxygen atoms in total. The number of hydrogen-bond donors (Lipinski definition) is 3. The molecule has 0 bridgehead atoms. The number of nitrogens with zero attached hydrogens (tertiary/aromatic N) is 1. The van der Waals surface area contributed by atoms with Crippen molar-refractivity contribution in [1.29, 1.82) is 0 Å². The van der Waals surface area contributed by atoms with E-state index in [-0.39, 0.29) is 34.5 Å². The van der Waals surface area contributed by atoms with Crippen molar-refractivity contribution in [3.63, 3.8) is 0 Å². The Morgan fingerprint density at radius 2 is 1.93 bits per heavy atom. The monoisotopic (exact) mass is 579 g/mol. The number of aliphatic carboxylic acids is 1. The molecule has 1 atom stereocenters. The van der Waals surface area contributed by atoms with E-state index in [1.165, 1.54) is 0 Å². The Bertz CT molecular complexity index is 1650. The number of anilines is 1. The number of hydrogen-bond acceptors (Lipinski definition) is 5. The highest BCUT2D eigenvalue weighted by Gasteiger charge is 2.30. The summed E-state index contributed by atoms with van der Waals surface area (Å²) in [6.45, 7) is 0.613. The van der Waals surface area contributed by atoms with Gasteiger partial charge in [-0.05, 0) is 59.5 Å². The van der Waals surface area contributed by atoms with Crippen LogP contribution in [0, 0.1) is 0 Å². The smallest absolute Gasteiger partial charge is 0.326 e. The summed E-state index contributed by atoms with van der Waals surface area (Å²) in [5, 5.41) is 15.9. The lowest BCUT2D eigenvalue weighted by atomic mass is 9.95. The van der Waals surface area contributed by atoms with E-state index < -0.39 is 17.9 Å². The zero-order valence-corrected chi connectivity index (χ0v) is 22.5. The van der Waals surface area contributed by atoms with Crippen LogP contribution in [0.5, 0.6) is 0 Å². The minimum atomic E-state index is -1.28. The molecule has 0 saturated carbocycles. The number of amides is 3. The van der Waals surface area contributed by atoms with Crippen molar-refractivity contribution in [2.45, 2.75) is 25.4 Å². The normalized spacial score (nSPS) is 13.4. The van der Waals surface area contributed by atoms with Crippen molar-refractivity contribution in [1.82, 2.24) is 10.2 Å². The number of furan rings is 1. The van der Waals surface area contributed by atoms with Crippen molar-refractivity contribution in [3.05, 3.63) is 98.7 Å². The van der Waals surface area contributed by atoms with Crippen LogP contribution >= 0.6 is 23.2 Å². The molecule has 3 aromatic carbocycles. The highest BCUT2D eigenvalue weighted by molar-refractivity contribution is 6.40. The van der Waals surface area contributed by atoms with Gasteiger partial charge in [-0.15, -0.1) is 0 Å². The first-order valence-electron chi connectivity index (χ1n) is 12.3. The molecule has 1 aliphatic heterocycles. The fourth-order valence-corrected chi connectivity index (χ4v) is 5.59. The number of rotatable bonds is 8. The van der Waals surface area contributed by atoms with Crippen LogP contribution in [0.3, 0.4) is 0 Å². The summed E-state index contributed by atoms with van der Waals surface area (Å²) in [7, 11) is 0. The van der Waals surface area contributed by atoms with Gasteiger partial charge in [-0.1, -0.05) is 41.4 Å². The Hall–Kier alpha value is -4.34. The van der Waals surface area contributed by atoms with Gasteiger partial charge in [0.1, 0.15) is 11.6 Å². The Kier molecular flexibility index (Phi) is 7.77. The van der Waals surface area contributed by atoms with Crippen LogP contribution in [0.25, 0.3) is 11.0 Å². The maximum absolute atomic E-state index is 13.2. The standard InChI is InChI=1S/C29H23Cl2N3O6/c30-22-12-19-14-34(28(37)18-5-4-17-7-9-40-24(17)13-18)8-6-21(19)26(31)25(22)27(36)33-23(29(38)39)11-16-2-1-3-20(10-16)32-15-35/h1-5,7,9-10,12-13,15,23H,6,8,11,14H2,(H,32,35)(H,33,36)(H,38,39)/t23-/m0/s1. The fraction of sp³-hybridized carbons (Fsp3) is 0.172. The summed E-state index contributed by atoms with van der Waals surface area (Å²) < 4.78 is 5.41. The number of carbonyl (C=O) groups excluding carboxylic acids is 3. The van der Waals surface area contributed by atoms with E-state index in [4.69, 9.17) is 27.6 Å². The maximum Gasteiger partial charge on any atom is 0.326 e. The molecule has 3 N–H and O–H groups in total. The third kappa shape index (κ3) is 5.52. The van der Waals surface area contributed by atoms with E-state index in [1.54, 1.807) is 53.6 Å². The molecule has 0 saturated heterocycles. The average molecular weight is 580 g/mol. The molecule has 204 valence electrons. The molecule has 4 aromatic rings. The Morgan fingerprint density at radius 1 is 1.10 bits per heavy atom. The van der Waals surface area contributed by atoms with E-state index >= 15 is 0 Å². The van der Waals surface area contributed by atoms with Crippen LogP contribution in [0.2, 0.25) is 10.0 Å². The zero-order chi connectivity index (χ0) is 28.4. The van der Waals surface area contributed by atoms with Gasteiger partial charge in [-0.2, -0.15) is 0 Å². The summed E-state index contributed by atoms with van der Waals surface area (Å²) in [4.78, 5) is 50.8. The molecule has 1 aliphatic rings. The van der Waals surface area contributed by atoms with Crippen LogP contribution in [0.1, 0.15) is 37.4 Å². The van der Waals surface area contributed by atoms with Crippen LogP contribution in [-0.2, 0) is 29.0 Å². The summed E-state index contributed by atoms with van der Waals surface area (Å²) in [6, 6.07) is 14.1. The predicted molar refractivity (Wildman–Crippen MR) is 150 cm³/mol. The number of carboxylic acid groups (broad SMARTS) is 1. The first-order valence-corrected chi connectivity index (χ1v) is 13.1. The van der Waals surface area contributed by atoms with Crippen LogP contribution in [0.4, 0.5) is 5.69 Å². The van der Waals surface area contributed by atoms with Gasteiger partial charge < -0.3 is 25.1 Å². The second-order valence-electron chi connectivity index (χ2n) is 9.37.